The third-order valence-electron chi connectivity index (χ3n) is 7.22. The van der Waals surface area contributed by atoms with Crippen LogP contribution < -0.4 is 19.1 Å². The quantitative estimate of drug-likeness (QED) is 0.261. The van der Waals surface area contributed by atoms with E-state index in [9.17, 15) is 22.4 Å². The Bertz CT molecular complexity index is 1610. The number of nitrogens with one attached hydrogen (secondary N) is 1. The SMILES string of the molecule is CC[C@H](C)NC(=O)[C@H](CC)N(Cc1ccc(Cl)c(Cl)c1)C(=O)CN(c1ccc(F)cc1)S(=O)(=O)c1ccc2c(c1)OCCO2. The zero-order valence-electron chi connectivity index (χ0n) is 24.6. The molecule has 1 aliphatic heterocycles. The maximum atomic E-state index is 14.2. The first kappa shape index (κ1) is 33.4. The standard InChI is InChI=1S/C31H34Cl2FN3O6S/c1-4-20(3)35-31(39)27(5-2)36(18-21-6-12-25(32)26(33)16-21)30(38)19-37(23-9-7-22(34)8-10-23)44(40,41)24-11-13-28-29(17-24)43-15-14-42-28/h6-13,16-17,20,27H,4-5,14-15,18-19H2,1-3H3,(H,35,39)/t20-,27-/m0/s1. The fourth-order valence-corrected chi connectivity index (χ4v) is 6.39. The van der Waals surface area contributed by atoms with Gasteiger partial charge in [-0.2, -0.15) is 0 Å². The zero-order chi connectivity index (χ0) is 32.0. The molecule has 0 saturated heterocycles. The average Bonchev–Trinajstić information content (AvgIpc) is 3.01. The summed E-state index contributed by atoms with van der Waals surface area (Å²) < 4.78 is 54.1. The van der Waals surface area contributed by atoms with Crippen LogP contribution in [0.1, 0.15) is 39.2 Å². The van der Waals surface area contributed by atoms with Crippen molar-refractivity contribution in [2.75, 3.05) is 24.1 Å². The number of amides is 2. The number of halogens is 3. The Balaban J connectivity index is 1.75. The molecule has 0 unspecified atom stereocenters. The fourth-order valence-electron chi connectivity index (χ4n) is 4.64. The number of carbonyl (C=O) groups excluding carboxylic acids is 2. The second-order valence-corrected chi connectivity index (χ2v) is 13.0. The highest BCUT2D eigenvalue weighted by Gasteiger charge is 2.34. The minimum absolute atomic E-state index is 0.0521. The predicted molar refractivity (Wildman–Crippen MR) is 167 cm³/mol. The van der Waals surface area contributed by atoms with E-state index in [2.05, 4.69) is 5.32 Å². The lowest BCUT2D eigenvalue weighted by Crippen LogP contribution is -2.53. The van der Waals surface area contributed by atoms with Crippen LogP contribution in [-0.2, 0) is 26.2 Å². The topological polar surface area (TPSA) is 105 Å². The fraction of sp³-hybridized carbons (Fsp3) is 0.355. The van der Waals surface area contributed by atoms with Crippen molar-refractivity contribution in [2.45, 2.75) is 57.1 Å². The molecular formula is C31H34Cl2FN3O6S. The number of hydrogen-bond donors (Lipinski definition) is 1. The first-order valence-electron chi connectivity index (χ1n) is 14.2. The highest BCUT2D eigenvalue weighted by atomic mass is 35.5. The summed E-state index contributed by atoms with van der Waals surface area (Å²) in [6.45, 7) is 5.38. The molecular weight excluding hydrogens is 632 g/mol. The number of rotatable bonds is 12. The van der Waals surface area contributed by atoms with Gasteiger partial charge in [0.05, 0.1) is 20.6 Å². The zero-order valence-corrected chi connectivity index (χ0v) is 26.9. The molecule has 9 nitrogen and oxygen atoms in total. The Morgan fingerprint density at radius 3 is 2.25 bits per heavy atom. The molecule has 1 N–H and O–H groups in total. The summed E-state index contributed by atoms with van der Waals surface area (Å²) >= 11 is 12.3. The molecule has 1 aliphatic rings. The molecule has 236 valence electrons. The van der Waals surface area contributed by atoms with Gasteiger partial charge < -0.3 is 19.7 Å². The summed E-state index contributed by atoms with van der Waals surface area (Å²) in [5.41, 5.74) is 0.645. The van der Waals surface area contributed by atoms with Gasteiger partial charge in [-0.1, -0.05) is 43.1 Å². The highest BCUT2D eigenvalue weighted by Crippen LogP contribution is 2.34. The van der Waals surface area contributed by atoms with Crippen LogP contribution in [-0.4, -0.2) is 57.0 Å². The van der Waals surface area contributed by atoms with Crippen molar-refractivity contribution in [2.24, 2.45) is 0 Å². The van der Waals surface area contributed by atoms with Gasteiger partial charge in [-0.15, -0.1) is 0 Å². The van der Waals surface area contributed by atoms with Crippen molar-refractivity contribution in [3.8, 4) is 11.5 Å². The van der Waals surface area contributed by atoms with E-state index in [1.807, 2.05) is 13.8 Å². The van der Waals surface area contributed by atoms with Crippen LogP contribution in [0.4, 0.5) is 10.1 Å². The molecule has 0 saturated carbocycles. The lowest BCUT2D eigenvalue weighted by Gasteiger charge is -2.34. The maximum Gasteiger partial charge on any atom is 0.264 e. The number of carbonyl (C=O) groups is 2. The summed E-state index contributed by atoms with van der Waals surface area (Å²) in [4.78, 5) is 28.8. The number of sulfonamides is 1. The molecule has 1 heterocycles. The van der Waals surface area contributed by atoms with Crippen LogP contribution in [0.2, 0.25) is 10.0 Å². The summed E-state index contributed by atoms with van der Waals surface area (Å²) in [6, 6.07) is 12.7. The number of anilines is 1. The van der Waals surface area contributed by atoms with Gasteiger partial charge in [0.15, 0.2) is 11.5 Å². The van der Waals surface area contributed by atoms with E-state index in [4.69, 9.17) is 32.7 Å². The second kappa shape index (κ2) is 14.5. The molecule has 0 aliphatic carbocycles. The molecule has 0 bridgehead atoms. The highest BCUT2D eigenvalue weighted by molar-refractivity contribution is 7.92. The Morgan fingerprint density at radius 2 is 1.61 bits per heavy atom. The lowest BCUT2D eigenvalue weighted by molar-refractivity contribution is -0.140. The van der Waals surface area contributed by atoms with E-state index >= 15 is 0 Å². The maximum absolute atomic E-state index is 14.2. The van der Waals surface area contributed by atoms with Gasteiger partial charge in [-0.3, -0.25) is 13.9 Å². The van der Waals surface area contributed by atoms with Crippen molar-refractivity contribution in [1.82, 2.24) is 10.2 Å². The molecule has 3 aromatic rings. The van der Waals surface area contributed by atoms with Gasteiger partial charge in [0.1, 0.15) is 31.6 Å². The first-order valence-corrected chi connectivity index (χ1v) is 16.4. The Kier molecular flexibility index (Phi) is 11.0. The molecule has 0 radical (unpaired) electrons. The number of ether oxygens (including phenoxy) is 2. The molecule has 0 aromatic heterocycles. The van der Waals surface area contributed by atoms with Crippen LogP contribution in [0.5, 0.6) is 11.5 Å². The predicted octanol–water partition coefficient (Wildman–Crippen LogP) is 5.82. The van der Waals surface area contributed by atoms with Crippen LogP contribution in [0.15, 0.2) is 65.6 Å². The Labute approximate surface area is 266 Å². The minimum atomic E-state index is -4.40. The minimum Gasteiger partial charge on any atom is -0.486 e. The summed E-state index contributed by atoms with van der Waals surface area (Å²) in [7, 11) is -4.40. The van der Waals surface area contributed by atoms with Crippen LogP contribution in [0.3, 0.4) is 0 Å². The Morgan fingerprint density at radius 1 is 0.932 bits per heavy atom. The monoisotopic (exact) mass is 665 g/mol. The summed E-state index contributed by atoms with van der Waals surface area (Å²) in [6.07, 6.45) is 0.926. The number of fused-ring (bicyclic) bond motifs is 1. The van der Waals surface area contributed by atoms with Crippen LogP contribution in [0.25, 0.3) is 0 Å². The molecule has 2 atom stereocenters. The molecule has 2 amide bonds. The second-order valence-electron chi connectivity index (χ2n) is 10.3. The number of hydrogen-bond acceptors (Lipinski definition) is 6. The number of nitrogens with zero attached hydrogens (tertiary/aromatic N) is 2. The van der Waals surface area contributed by atoms with E-state index in [0.717, 1.165) is 16.4 Å². The van der Waals surface area contributed by atoms with E-state index in [0.29, 0.717) is 29.4 Å². The normalized spacial score (nSPS) is 14.0. The number of benzene rings is 3. The van der Waals surface area contributed by atoms with Crippen molar-refractivity contribution in [3.63, 3.8) is 0 Å². The molecule has 0 fully saturated rings. The van der Waals surface area contributed by atoms with E-state index in [-0.39, 0.29) is 52.9 Å². The van der Waals surface area contributed by atoms with E-state index < -0.39 is 34.3 Å². The van der Waals surface area contributed by atoms with Gasteiger partial charge >= 0.3 is 0 Å². The van der Waals surface area contributed by atoms with Crippen molar-refractivity contribution >= 4 is 50.7 Å². The third kappa shape index (κ3) is 7.75. The Hall–Kier alpha value is -3.54. The molecule has 44 heavy (non-hydrogen) atoms. The van der Waals surface area contributed by atoms with Gasteiger partial charge in [-0.25, -0.2) is 12.8 Å². The van der Waals surface area contributed by atoms with Crippen LogP contribution >= 0.6 is 23.2 Å². The van der Waals surface area contributed by atoms with Crippen LogP contribution in [0, 0.1) is 5.82 Å². The van der Waals surface area contributed by atoms with Crippen molar-refractivity contribution in [1.29, 1.82) is 0 Å². The molecule has 13 heteroatoms. The van der Waals surface area contributed by atoms with Gasteiger partial charge in [-0.05, 0) is 73.9 Å². The van der Waals surface area contributed by atoms with E-state index in [1.165, 1.54) is 35.2 Å². The van der Waals surface area contributed by atoms with Crippen molar-refractivity contribution in [3.05, 3.63) is 82.1 Å². The third-order valence-corrected chi connectivity index (χ3v) is 9.73. The summed E-state index contributed by atoms with van der Waals surface area (Å²) in [5.74, 6) is -0.973. The molecule has 4 rings (SSSR count). The smallest absolute Gasteiger partial charge is 0.264 e. The molecule has 0 spiro atoms. The largest absolute Gasteiger partial charge is 0.486 e. The first-order chi connectivity index (χ1) is 20.9. The van der Waals surface area contributed by atoms with Gasteiger partial charge in [0.25, 0.3) is 10.0 Å². The van der Waals surface area contributed by atoms with Crippen molar-refractivity contribution < 1.29 is 31.9 Å². The van der Waals surface area contributed by atoms with E-state index in [1.54, 1.807) is 25.1 Å². The van der Waals surface area contributed by atoms with Gasteiger partial charge in [0, 0.05) is 18.7 Å². The molecule has 3 aromatic carbocycles. The average molecular weight is 667 g/mol. The van der Waals surface area contributed by atoms with Gasteiger partial charge in [0.2, 0.25) is 11.8 Å². The summed E-state index contributed by atoms with van der Waals surface area (Å²) in [5, 5.41) is 3.51. The lowest BCUT2D eigenvalue weighted by atomic mass is 10.1.